The molecular formula is C16H22N2OS2. The first-order chi connectivity index (χ1) is 10.2. The summed E-state index contributed by atoms with van der Waals surface area (Å²) in [5, 5.41) is 3.08. The summed E-state index contributed by atoms with van der Waals surface area (Å²) in [6, 6.07) is 8.48. The minimum absolute atomic E-state index is 0.0765. The number of amides is 1. The van der Waals surface area contributed by atoms with Gasteiger partial charge < -0.3 is 11.1 Å². The molecule has 3 nitrogen and oxygen atoms in total. The van der Waals surface area contributed by atoms with Crippen molar-refractivity contribution in [1.29, 1.82) is 0 Å². The van der Waals surface area contributed by atoms with Gasteiger partial charge in [-0.05, 0) is 37.0 Å². The van der Waals surface area contributed by atoms with Gasteiger partial charge in [0.2, 0.25) is 5.91 Å². The predicted octanol–water partition coefficient (Wildman–Crippen LogP) is 3.62. The summed E-state index contributed by atoms with van der Waals surface area (Å²) in [4.78, 5) is 12.4. The number of hydrogen-bond acceptors (Lipinski definition) is 4. The molecular weight excluding hydrogens is 300 g/mol. The number of hydrogen-bond donors (Lipinski definition) is 2. The molecule has 1 aliphatic heterocycles. The van der Waals surface area contributed by atoms with E-state index >= 15 is 0 Å². The monoisotopic (exact) mass is 322 g/mol. The fourth-order valence-corrected chi connectivity index (χ4v) is 5.86. The summed E-state index contributed by atoms with van der Waals surface area (Å²) in [7, 11) is 0. The van der Waals surface area contributed by atoms with Crippen LogP contribution in [0.3, 0.4) is 0 Å². The van der Waals surface area contributed by atoms with Crippen LogP contribution in [0.1, 0.15) is 35.8 Å². The van der Waals surface area contributed by atoms with E-state index in [-0.39, 0.29) is 17.9 Å². The number of thioether (sulfide) groups is 2. The van der Waals surface area contributed by atoms with Crippen molar-refractivity contribution in [2.45, 2.75) is 36.3 Å². The van der Waals surface area contributed by atoms with E-state index < -0.39 is 0 Å². The van der Waals surface area contributed by atoms with Gasteiger partial charge >= 0.3 is 0 Å². The van der Waals surface area contributed by atoms with E-state index in [1.54, 1.807) is 0 Å². The van der Waals surface area contributed by atoms with Crippen LogP contribution in [0.25, 0.3) is 0 Å². The Kier molecular flexibility index (Phi) is 5.14. The molecule has 1 saturated carbocycles. The molecule has 114 valence electrons. The summed E-state index contributed by atoms with van der Waals surface area (Å²) >= 11 is 3.97. The molecule has 1 heterocycles. The lowest BCUT2D eigenvalue weighted by molar-refractivity contribution is -0.120. The van der Waals surface area contributed by atoms with Gasteiger partial charge in [-0.2, -0.15) is 0 Å². The summed E-state index contributed by atoms with van der Waals surface area (Å²) in [6.45, 7) is 0. The van der Waals surface area contributed by atoms with Gasteiger partial charge in [0.15, 0.2) is 0 Å². The molecule has 2 fully saturated rings. The lowest BCUT2D eigenvalue weighted by Gasteiger charge is -2.25. The van der Waals surface area contributed by atoms with E-state index in [0.717, 1.165) is 31.4 Å². The third-order valence-electron chi connectivity index (χ3n) is 4.13. The molecule has 0 bridgehead atoms. The SMILES string of the molecule is NC1CCCC(C(=O)Nc2cccc(C3SCCS3)c2)C1. The maximum atomic E-state index is 12.4. The quantitative estimate of drug-likeness (QED) is 0.892. The Hall–Kier alpha value is -0.650. The summed E-state index contributed by atoms with van der Waals surface area (Å²) in [5.41, 5.74) is 8.20. The molecule has 5 heteroatoms. The van der Waals surface area contributed by atoms with E-state index in [9.17, 15) is 4.79 Å². The third kappa shape index (κ3) is 3.96. The molecule has 1 aliphatic carbocycles. The standard InChI is InChI=1S/C16H22N2OS2/c17-13-5-1-3-11(9-13)15(19)18-14-6-2-4-12(10-14)16-20-7-8-21-16/h2,4,6,10-11,13,16H,1,3,5,7-9,17H2,(H,18,19). The van der Waals surface area contributed by atoms with Crippen LogP contribution in [0.2, 0.25) is 0 Å². The molecule has 2 aliphatic rings. The Balaban J connectivity index is 1.64. The Morgan fingerprint density at radius 1 is 1.24 bits per heavy atom. The Bertz CT molecular complexity index is 503. The number of anilines is 1. The minimum atomic E-state index is 0.0765. The first kappa shape index (κ1) is 15.3. The largest absolute Gasteiger partial charge is 0.328 e. The van der Waals surface area contributed by atoms with Gasteiger partial charge in [0, 0.05) is 29.2 Å². The summed E-state index contributed by atoms with van der Waals surface area (Å²) < 4.78 is 0.518. The average molecular weight is 322 g/mol. The maximum absolute atomic E-state index is 12.4. The molecule has 1 amide bonds. The van der Waals surface area contributed by atoms with Crippen molar-refractivity contribution >= 4 is 35.1 Å². The minimum Gasteiger partial charge on any atom is -0.328 e. The molecule has 0 radical (unpaired) electrons. The van der Waals surface area contributed by atoms with Gasteiger partial charge in [0.05, 0.1) is 4.58 Å². The van der Waals surface area contributed by atoms with Crippen LogP contribution in [0.4, 0.5) is 5.69 Å². The van der Waals surface area contributed by atoms with Crippen LogP contribution < -0.4 is 11.1 Å². The average Bonchev–Trinajstić information content (AvgIpc) is 3.02. The first-order valence-electron chi connectivity index (χ1n) is 7.62. The maximum Gasteiger partial charge on any atom is 0.227 e. The van der Waals surface area contributed by atoms with Crippen LogP contribution in [-0.2, 0) is 4.79 Å². The molecule has 1 aromatic rings. The van der Waals surface area contributed by atoms with Crippen molar-refractivity contribution in [3.63, 3.8) is 0 Å². The van der Waals surface area contributed by atoms with Crippen LogP contribution in [0.5, 0.6) is 0 Å². The van der Waals surface area contributed by atoms with Crippen LogP contribution in [-0.4, -0.2) is 23.5 Å². The number of carbonyl (C=O) groups excluding carboxylic acids is 1. The molecule has 21 heavy (non-hydrogen) atoms. The molecule has 2 unspecified atom stereocenters. The van der Waals surface area contributed by atoms with Crippen molar-refractivity contribution < 1.29 is 4.79 Å². The Labute approximate surface area is 134 Å². The van der Waals surface area contributed by atoms with Gasteiger partial charge in [-0.1, -0.05) is 18.6 Å². The number of carbonyl (C=O) groups is 1. The topological polar surface area (TPSA) is 55.1 Å². The van der Waals surface area contributed by atoms with Gasteiger partial charge in [-0.3, -0.25) is 4.79 Å². The van der Waals surface area contributed by atoms with Crippen molar-refractivity contribution in [1.82, 2.24) is 0 Å². The molecule has 3 rings (SSSR count). The number of benzene rings is 1. The smallest absolute Gasteiger partial charge is 0.227 e. The van der Waals surface area contributed by atoms with Crippen LogP contribution in [0.15, 0.2) is 24.3 Å². The first-order valence-corrected chi connectivity index (χ1v) is 9.72. The molecule has 1 saturated heterocycles. The van der Waals surface area contributed by atoms with E-state index in [0.29, 0.717) is 4.58 Å². The zero-order chi connectivity index (χ0) is 14.7. The molecule has 3 N–H and O–H groups in total. The summed E-state index contributed by atoms with van der Waals surface area (Å²) in [6.07, 6.45) is 3.90. The number of nitrogens with one attached hydrogen (secondary N) is 1. The zero-order valence-electron chi connectivity index (χ0n) is 12.1. The molecule has 0 spiro atoms. The van der Waals surface area contributed by atoms with E-state index in [1.807, 2.05) is 35.7 Å². The second-order valence-electron chi connectivity index (χ2n) is 5.81. The Morgan fingerprint density at radius 3 is 2.81 bits per heavy atom. The van der Waals surface area contributed by atoms with Crippen LogP contribution >= 0.6 is 23.5 Å². The van der Waals surface area contributed by atoms with Gasteiger partial charge in [-0.25, -0.2) is 0 Å². The highest BCUT2D eigenvalue weighted by atomic mass is 32.2. The normalized spacial score (nSPS) is 26.7. The summed E-state index contributed by atoms with van der Waals surface area (Å²) in [5.74, 6) is 2.64. The number of nitrogens with two attached hydrogens (primary N) is 1. The van der Waals surface area contributed by atoms with E-state index in [1.165, 1.54) is 17.1 Å². The highest BCUT2D eigenvalue weighted by Gasteiger charge is 2.25. The van der Waals surface area contributed by atoms with Crippen LogP contribution in [0, 0.1) is 5.92 Å². The third-order valence-corrected chi connectivity index (χ3v) is 7.24. The van der Waals surface area contributed by atoms with Gasteiger partial charge in [0.1, 0.15) is 0 Å². The molecule has 0 aromatic heterocycles. The highest BCUT2D eigenvalue weighted by Crippen LogP contribution is 2.45. The van der Waals surface area contributed by atoms with Gasteiger partial charge in [0.25, 0.3) is 0 Å². The fraction of sp³-hybridized carbons (Fsp3) is 0.562. The predicted molar refractivity (Wildman–Crippen MR) is 92.7 cm³/mol. The van der Waals surface area contributed by atoms with E-state index in [2.05, 4.69) is 17.4 Å². The Morgan fingerprint density at radius 2 is 2.05 bits per heavy atom. The van der Waals surface area contributed by atoms with Gasteiger partial charge in [-0.15, -0.1) is 23.5 Å². The highest BCUT2D eigenvalue weighted by molar-refractivity contribution is 8.19. The fourth-order valence-electron chi connectivity index (χ4n) is 3.02. The molecule has 2 atom stereocenters. The second kappa shape index (κ2) is 7.07. The lowest BCUT2D eigenvalue weighted by atomic mass is 9.85. The van der Waals surface area contributed by atoms with Crippen molar-refractivity contribution in [2.75, 3.05) is 16.8 Å². The van der Waals surface area contributed by atoms with Crippen molar-refractivity contribution in [2.24, 2.45) is 11.7 Å². The van der Waals surface area contributed by atoms with Crippen molar-refractivity contribution in [3.8, 4) is 0 Å². The zero-order valence-corrected chi connectivity index (χ0v) is 13.7. The second-order valence-corrected chi connectivity index (χ2v) is 8.54. The van der Waals surface area contributed by atoms with E-state index in [4.69, 9.17) is 5.73 Å². The van der Waals surface area contributed by atoms with Crippen molar-refractivity contribution in [3.05, 3.63) is 29.8 Å². The molecule has 1 aromatic carbocycles. The number of rotatable bonds is 3. The lowest BCUT2D eigenvalue weighted by Crippen LogP contribution is -2.34.